The fourth-order valence-corrected chi connectivity index (χ4v) is 18.1. The molecule has 2 aliphatic heterocycles. The summed E-state index contributed by atoms with van der Waals surface area (Å²) in [6.07, 6.45) is 0. The number of rotatable bonds is 6. The molecule has 13 rings (SSSR count). The maximum atomic E-state index is 2.46. The molecule has 0 aliphatic carbocycles. The van der Waals surface area contributed by atoms with Gasteiger partial charge in [0.05, 0.1) is 11.1 Å². The van der Waals surface area contributed by atoms with Gasteiger partial charge in [0, 0.05) is 26.6 Å². The highest BCUT2D eigenvalue weighted by molar-refractivity contribution is 7.99. The summed E-state index contributed by atoms with van der Waals surface area (Å²) in [6.45, 7) is 0. The van der Waals surface area contributed by atoms with E-state index in [0.717, 1.165) is 17.1 Å². The molecule has 11 aromatic rings. The first kappa shape index (κ1) is 38.7. The van der Waals surface area contributed by atoms with Crippen LogP contribution in [0.5, 0.6) is 0 Å². The summed E-state index contributed by atoms with van der Waals surface area (Å²) in [6, 6.07) is 97.9. The highest BCUT2D eigenvalue weighted by Crippen LogP contribution is 2.57. The van der Waals surface area contributed by atoms with Crippen LogP contribution < -0.4 is 25.6 Å². The Morgan fingerprint density at radius 1 is 0.333 bits per heavy atom. The number of benzene rings is 11. The van der Waals surface area contributed by atoms with Gasteiger partial charge in [0.15, 0.2) is 8.07 Å². The van der Waals surface area contributed by atoms with Crippen molar-refractivity contribution >= 4 is 79.2 Å². The van der Waals surface area contributed by atoms with Crippen LogP contribution in [0.15, 0.2) is 271 Å². The minimum absolute atomic E-state index is 0.522. The molecule has 11 aromatic carbocycles. The van der Waals surface area contributed by atoms with Gasteiger partial charge in [-0.25, -0.2) is 0 Å². The molecule has 0 saturated carbocycles. The second kappa shape index (κ2) is 15.5. The number of fused-ring (bicyclic) bond motifs is 11. The predicted octanol–water partition coefficient (Wildman–Crippen LogP) is 13.7. The van der Waals surface area contributed by atoms with Gasteiger partial charge in [0.1, 0.15) is 0 Å². The Labute approximate surface area is 391 Å². The second-order valence-corrected chi connectivity index (χ2v) is 22.3. The molecule has 2 aliphatic rings. The van der Waals surface area contributed by atoms with Crippen molar-refractivity contribution in [1.29, 1.82) is 0 Å². The molecule has 1 nitrogen and oxygen atoms in total. The lowest BCUT2D eigenvalue weighted by Crippen LogP contribution is -2.79. The van der Waals surface area contributed by atoms with Gasteiger partial charge in [-0.2, -0.15) is 0 Å². The Morgan fingerprint density at radius 2 is 0.818 bits per heavy atom. The Morgan fingerprint density at radius 3 is 1.48 bits per heavy atom. The Kier molecular flexibility index (Phi) is 9.09. The summed E-state index contributed by atoms with van der Waals surface area (Å²) in [4.78, 5) is 5.01. The van der Waals surface area contributed by atoms with E-state index in [0.29, 0.717) is 0 Å². The third-order valence-corrected chi connectivity index (χ3v) is 20.3. The van der Waals surface area contributed by atoms with Gasteiger partial charge in [-0.15, -0.1) is 0 Å². The van der Waals surface area contributed by atoms with Gasteiger partial charge in [-0.1, -0.05) is 230 Å². The van der Waals surface area contributed by atoms with Crippen LogP contribution >= 0.6 is 11.8 Å². The first-order chi connectivity index (χ1) is 32.7. The van der Waals surface area contributed by atoms with Crippen LogP contribution in [0.2, 0.25) is 0 Å². The minimum atomic E-state index is -2.80. The lowest BCUT2D eigenvalue weighted by molar-refractivity contribution is 0.707. The van der Waals surface area contributed by atoms with Crippen LogP contribution in [0, 0.1) is 0 Å². The lowest BCUT2D eigenvalue weighted by Gasteiger charge is -2.51. The van der Waals surface area contributed by atoms with E-state index in [1.54, 1.807) is 0 Å². The van der Waals surface area contributed by atoms with Crippen LogP contribution in [-0.2, 0) is 5.41 Å². The number of nitrogens with zero attached hydrogens (tertiary/aromatic N) is 1. The largest absolute Gasteiger partial charge is 0.310 e. The maximum absolute atomic E-state index is 2.80. The first-order valence-electron chi connectivity index (χ1n) is 22.8. The average Bonchev–Trinajstić information content (AvgIpc) is 3.40. The molecule has 0 bridgehead atoms. The molecule has 0 saturated heterocycles. The van der Waals surface area contributed by atoms with Crippen molar-refractivity contribution in [2.24, 2.45) is 0 Å². The van der Waals surface area contributed by atoms with Gasteiger partial charge in [0.25, 0.3) is 0 Å². The van der Waals surface area contributed by atoms with Gasteiger partial charge in [0.2, 0.25) is 0 Å². The van der Waals surface area contributed by atoms with E-state index in [1.807, 2.05) is 11.8 Å². The topological polar surface area (TPSA) is 3.24 Å². The Hall–Kier alpha value is -7.69. The van der Waals surface area contributed by atoms with Crippen LogP contribution in [0.25, 0.3) is 32.7 Å². The minimum Gasteiger partial charge on any atom is -0.310 e. The lowest BCUT2D eigenvalue weighted by atomic mass is 9.64. The number of para-hydroxylation sites is 1. The summed E-state index contributed by atoms with van der Waals surface area (Å²) in [5.74, 6) is 0. The van der Waals surface area contributed by atoms with Crippen LogP contribution in [-0.4, -0.2) is 8.07 Å². The molecule has 0 unspecified atom stereocenters. The van der Waals surface area contributed by atoms with Crippen molar-refractivity contribution < 1.29 is 0 Å². The Balaban J connectivity index is 0.990. The summed E-state index contributed by atoms with van der Waals surface area (Å²) >= 11 is 1.91. The molecule has 310 valence electrons. The highest BCUT2D eigenvalue weighted by Gasteiger charge is 2.56. The Bertz CT molecular complexity index is 3530. The van der Waals surface area contributed by atoms with E-state index < -0.39 is 13.5 Å². The molecule has 2 heterocycles. The summed E-state index contributed by atoms with van der Waals surface area (Å²) < 4.78 is 0. The van der Waals surface area contributed by atoms with Crippen molar-refractivity contribution in [3.05, 3.63) is 283 Å². The molecule has 3 heteroatoms. The summed E-state index contributed by atoms with van der Waals surface area (Å²) in [7, 11) is -2.80. The molecule has 0 N–H and O–H groups in total. The zero-order valence-electron chi connectivity index (χ0n) is 36.2. The van der Waals surface area contributed by atoms with Crippen LogP contribution in [0.4, 0.5) is 17.1 Å². The zero-order valence-corrected chi connectivity index (χ0v) is 38.0. The van der Waals surface area contributed by atoms with Crippen molar-refractivity contribution in [2.75, 3.05) is 4.90 Å². The van der Waals surface area contributed by atoms with Crippen molar-refractivity contribution in [3.63, 3.8) is 0 Å². The van der Waals surface area contributed by atoms with Gasteiger partial charge >= 0.3 is 0 Å². The van der Waals surface area contributed by atoms with E-state index in [9.17, 15) is 0 Å². The summed E-state index contributed by atoms with van der Waals surface area (Å²) in [5, 5.41) is 10.7. The number of anilines is 3. The third-order valence-electron chi connectivity index (χ3n) is 14.2. The summed E-state index contributed by atoms with van der Waals surface area (Å²) in [5.41, 5.74) is 10.7. The SMILES string of the molecule is c1ccc(N(c2ccc(-c3ccc4c(c3)Sc3ccccc3C43c4ccccc4[Si](c4ccccc4)(c4ccccc4)c4ccccc43)cc2)c2cc3ccccc3c3ccccc23)cc1. The molecule has 0 fully saturated rings. The normalized spacial score (nSPS) is 13.9. The van der Waals surface area contributed by atoms with Crippen molar-refractivity contribution in [1.82, 2.24) is 0 Å². The maximum Gasteiger partial charge on any atom is 0.180 e. The molecular weight excluding hydrogens is 831 g/mol. The predicted molar refractivity (Wildman–Crippen MR) is 281 cm³/mol. The fraction of sp³-hybridized carbons (Fsp3) is 0.0159. The number of hydrogen-bond donors (Lipinski definition) is 0. The van der Waals surface area contributed by atoms with Crippen LogP contribution in [0.3, 0.4) is 0 Å². The molecule has 1 spiro atoms. The monoisotopic (exact) mass is 873 g/mol. The van der Waals surface area contributed by atoms with E-state index in [4.69, 9.17) is 0 Å². The standard InChI is InChI=1S/C63H43NSSi/c1-4-21-47(22-5-1)64(58-42-46-20-10-11-27-51(46)52-28-12-13-29-53(52)58)48-39-36-44(37-40-48)45-38-41-55-60(43-45)65-59-33-17-14-30-54(59)63(55)56-31-15-18-34-61(56)66(49-23-6-2-7-24-49,50-25-8-3-9-26-50)62-35-19-16-32-57(62)63/h1-43H. The molecular formula is C63H43NSSi. The number of hydrogen-bond acceptors (Lipinski definition) is 2. The van der Waals surface area contributed by atoms with Crippen molar-refractivity contribution in [3.8, 4) is 11.1 Å². The van der Waals surface area contributed by atoms with Crippen LogP contribution in [0.1, 0.15) is 22.3 Å². The smallest absolute Gasteiger partial charge is 0.180 e. The van der Waals surface area contributed by atoms with Gasteiger partial charge in [-0.05, 0) is 113 Å². The zero-order chi connectivity index (χ0) is 43.7. The first-order valence-corrected chi connectivity index (χ1v) is 25.7. The van der Waals surface area contributed by atoms with Crippen molar-refractivity contribution in [2.45, 2.75) is 15.2 Å². The third kappa shape index (κ3) is 5.67. The van der Waals surface area contributed by atoms with E-state index in [1.165, 1.54) is 85.5 Å². The quantitative estimate of drug-likeness (QED) is 0.121. The van der Waals surface area contributed by atoms with Gasteiger partial charge < -0.3 is 4.90 Å². The molecule has 66 heavy (non-hydrogen) atoms. The van der Waals surface area contributed by atoms with Gasteiger partial charge in [-0.3, -0.25) is 0 Å². The molecule has 0 radical (unpaired) electrons. The highest BCUT2D eigenvalue weighted by atomic mass is 32.2. The van der Waals surface area contributed by atoms with E-state index in [2.05, 4.69) is 266 Å². The average molecular weight is 874 g/mol. The van der Waals surface area contributed by atoms with E-state index >= 15 is 0 Å². The fourth-order valence-electron chi connectivity index (χ4n) is 11.6. The molecule has 0 amide bonds. The van der Waals surface area contributed by atoms with E-state index in [-0.39, 0.29) is 0 Å². The second-order valence-electron chi connectivity index (χ2n) is 17.5. The molecule has 0 atom stereocenters. The molecule has 0 aromatic heterocycles.